The largest absolute Gasteiger partial charge is 0.384 e. The predicted molar refractivity (Wildman–Crippen MR) is 114 cm³/mol. The maximum Gasteiger partial charge on any atom is 0.329 e. The molecule has 0 saturated heterocycles. The van der Waals surface area contributed by atoms with Gasteiger partial charge in [-0.25, -0.2) is 4.79 Å². The van der Waals surface area contributed by atoms with E-state index in [4.69, 9.17) is 5.73 Å². The van der Waals surface area contributed by atoms with E-state index in [1.165, 1.54) is 4.57 Å². The number of aromatic amines is 1. The van der Waals surface area contributed by atoms with Crippen molar-refractivity contribution in [2.75, 3.05) is 12.3 Å². The van der Waals surface area contributed by atoms with Crippen LogP contribution in [-0.2, 0) is 6.54 Å². The molecule has 0 unspecified atom stereocenters. The summed E-state index contributed by atoms with van der Waals surface area (Å²) in [4.78, 5) is 40.4. The van der Waals surface area contributed by atoms with Gasteiger partial charge in [0.2, 0.25) is 5.78 Å². The number of aryl methyl sites for hydroxylation is 1. The highest BCUT2D eigenvalue weighted by molar-refractivity contribution is 7.10. The van der Waals surface area contributed by atoms with Gasteiger partial charge < -0.3 is 11.1 Å². The predicted octanol–water partition coefficient (Wildman–Crippen LogP) is 1.43. The van der Waals surface area contributed by atoms with Crippen LogP contribution < -0.4 is 22.3 Å². The lowest BCUT2D eigenvalue weighted by Crippen LogP contribution is -2.87. The molecule has 5 N–H and O–H groups in total. The van der Waals surface area contributed by atoms with Gasteiger partial charge in [-0.3, -0.25) is 19.1 Å². The summed E-state index contributed by atoms with van der Waals surface area (Å²) >= 11 is 1.61. The van der Waals surface area contributed by atoms with Crippen LogP contribution in [0.1, 0.15) is 45.7 Å². The van der Waals surface area contributed by atoms with Crippen LogP contribution in [0.15, 0.2) is 51.4 Å². The first kappa shape index (κ1) is 20.8. The quantitative estimate of drug-likeness (QED) is 0.485. The number of nitrogens with zero attached hydrogens (tertiary/aromatic N) is 1. The monoisotopic (exact) mass is 413 g/mol. The summed E-state index contributed by atoms with van der Waals surface area (Å²) in [5, 5.41) is 3.89. The first-order valence-corrected chi connectivity index (χ1v) is 10.4. The minimum atomic E-state index is -0.735. The van der Waals surface area contributed by atoms with Crippen LogP contribution in [0.3, 0.4) is 0 Å². The minimum Gasteiger partial charge on any atom is -0.384 e. The number of rotatable bonds is 8. The van der Waals surface area contributed by atoms with Crippen molar-refractivity contribution in [1.29, 1.82) is 0 Å². The lowest BCUT2D eigenvalue weighted by Gasteiger charge is -2.15. The fraction of sp³-hybridized carbons (Fsp3) is 0.286. The number of Topliss-reactive ketones (excluding diaryl/α,β-unsaturated/α-hetero) is 1. The molecular weight excluding hydrogens is 388 g/mol. The summed E-state index contributed by atoms with van der Waals surface area (Å²) in [5.74, 6) is -0.468. The molecule has 0 saturated carbocycles. The van der Waals surface area contributed by atoms with Gasteiger partial charge in [0.05, 0.1) is 4.88 Å². The molecule has 0 fully saturated rings. The van der Waals surface area contributed by atoms with E-state index >= 15 is 0 Å². The summed E-state index contributed by atoms with van der Waals surface area (Å²) < 4.78 is 1.24. The van der Waals surface area contributed by atoms with Gasteiger partial charge >= 0.3 is 5.69 Å². The standard InChI is InChI=1S/C21H24N4O3S/c1-3-10-25-19(22)17(20(27)24-21(25)28)15(26)12-23-18(16-5-4-11-29-16)14-8-6-13(2)7-9-14/h4-9,11,18,23H,3,10,12,22H2,1-2H3,(H,24,27,28)/p+1/t18-/m1/s1. The van der Waals surface area contributed by atoms with Crippen molar-refractivity contribution in [2.24, 2.45) is 0 Å². The van der Waals surface area contributed by atoms with E-state index in [1.54, 1.807) is 11.3 Å². The van der Waals surface area contributed by atoms with E-state index < -0.39 is 17.0 Å². The average Bonchev–Trinajstić information content (AvgIpc) is 3.21. The Hall–Kier alpha value is -2.97. The number of carbonyl (C=O) groups excluding carboxylic acids is 1. The van der Waals surface area contributed by atoms with Crippen LogP contribution in [-0.4, -0.2) is 21.9 Å². The zero-order valence-electron chi connectivity index (χ0n) is 16.5. The zero-order chi connectivity index (χ0) is 21.0. The number of nitrogens with one attached hydrogen (secondary N) is 1. The Balaban J connectivity index is 1.88. The maximum absolute atomic E-state index is 12.9. The molecule has 2 aromatic heterocycles. The fourth-order valence-corrected chi connectivity index (χ4v) is 4.14. The van der Waals surface area contributed by atoms with Crippen LogP contribution in [0.5, 0.6) is 0 Å². The second-order valence-corrected chi connectivity index (χ2v) is 7.92. The summed E-state index contributed by atoms with van der Waals surface area (Å²) in [6.45, 7) is 4.29. The first-order chi connectivity index (χ1) is 13.9. The van der Waals surface area contributed by atoms with Gasteiger partial charge in [-0.05, 0) is 24.8 Å². The van der Waals surface area contributed by atoms with E-state index in [-0.39, 0.29) is 24.0 Å². The Bertz CT molecular complexity index is 1100. The molecule has 3 aromatic rings. The molecule has 0 amide bonds. The van der Waals surface area contributed by atoms with E-state index in [9.17, 15) is 14.4 Å². The maximum atomic E-state index is 12.9. The van der Waals surface area contributed by atoms with Crippen molar-refractivity contribution >= 4 is 22.9 Å². The molecule has 152 valence electrons. The SMILES string of the molecule is CCCn1c(N)c(C(=O)C[NH2+][C@H](c2ccc(C)cc2)c2cccs2)c(=O)[nH]c1=O. The molecule has 1 aromatic carbocycles. The number of carbonyl (C=O) groups is 1. The van der Waals surface area contributed by atoms with Crippen molar-refractivity contribution in [3.05, 3.63) is 84.2 Å². The molecule has 0 aliphatic heterocycles. The average molecular weight is 414 g/mol. The van der Waals surface area contributed by atoms with Crippen LogP contribution in [0.4, 0.5) is 5.82 Å². The van der Waals surface area contributed by atoms with Gasteiger partial charge in [0.25, 0.3) is 5.56 Å². The van der Waals surface area contributed by atoms with E-state index in [0.29, 0.717) is 13.0 Å². The highest BCUT2D eigenvalue weighted by Gasteiger charge is 2.24. The molecule has 0 aliphatic carbocycles. The molecule has 1 atom stereocenters. The number of H-pyrrole nitrogens is 1. The summed E-state index contributed by atoms with van der Waals surface area (Å²) in [7, 11) is 0. The number of hydrogen-bond donors (Lipinski definition) is 3. The number of nitrogens with two attached hydrogens (primary N) is 2. The molecule has 0 aliphatic rings. The third-order valence-corrected chi connectivity index (χ3v) is 5.75. The van der Waals surface area contributed by atoms with Crippen molar-refractivity contribution < 1.29 is 10.1 Å². The molecular formula is C21H25N4O3S+. The number of anilines is 1. The Morgan fingerprint density at radius 2 is 1.97 bits per heavy atom. The van der Waals surface area contributed by atoms with E-state index in [0.717, 1.165) is 16.0 Å². The third-order valence-electron chi connectivity index (χ3n) is 4.79. The number of thiophene rings is 1. The van der Waals surface area contributed by atoms with Crippen molar-refractivity contribution in [3.8, 4) is 0 Å². The first-order valence-electron chi connectivity index (χ1n) is 9.51. The molecule has 0 spiro atoms. The van der Waals surface area contributed by atoms with Gasteiger partial charge in [-0.1, -0.05) is 42.8 Å². The van der Waals surface area contributed by atoms with Gasteiger partial charge in [0.15, 0.2) is 0 Å². The number of ketones is 1. The molecule has 3 rings (SSSR count). The zero-order valence-corrected chi connectivity index (χ0v) is 17.3. The van der Waals surface area contributed by atoms with Crippen LogP contribution in [0.2, 0.25) is 0 Å². The Labute approximate surface area is 172 Å². The van der Waals surface area contributed by atoms with Crippen LogP contribution in [0, 0.1) is 6.92 Å². The van der Waals surface area contributed by atoms with Crippen LogP contribution >= 0.6 is 11.3 Å². The Kier molecular flexibility index (Phi) is 6.46. The number of aromatic nitrogens is 2. The van der Waals surface area contributed by atoms with Crippen LogP contribution in [0.25, 0.3) is 0 Å². The van der Waals surface area contributed by atoms with E-state index in [1.807, 2.05) is 60.9 Å². The van der Waals surface area contributed by atoms with E-state index in [2.05, 4.69) is 4.98 Å². The Morgan fingerprint density at radius 3 is 2.59 bits per heavy atom. The van der Waals surface area contributed by atoms with Crippen molar-refractivity contribution in [1.82, 2.24) is 9.55 Å². The van der Waals surface area contributed by atoms with Gasteiger partial charge in [-0.15, -0.1) is 11.3 Å². The number of nitrogen functional groups attached to an aromatic ring is 1. The third kappa shape index (κ3) is 4.55. The number of benzene rings is 1. The molecule has 8 heteroatoms. The molecule has 0 bridgehead atoms. The summed E-state index contributed by atoms with van der Waals surface area (Å²) in [6.07, 6.45) is 0.657. The lowest BCUT2D eigenvalue weighted by molar-refractivity contribution is -0.675. The summed E-state index contributed by atoms with van der Waals surface area (Å²) in [5.41, 5.74) is 6.77. The molecule has 7 nitrogen and oxygen atoms in total. The topological polar surface area (TPSA) is 115 Å². The van der Waals surface area contributed by atoms with Gasteiger partial charge in [0.1, 0.15) is 24.0 Å². The smallest absolute Gasteiger partial charge is 0.329 e. The van der Waals surface area contributed by atoms with Crippen molar-refractivity contribution in [2.45, 2.75) is 32.9 Å². The normalized spacial score (nSPS) is 12.1. The second-order valence-electron chi connectivity index (χ2n) is 6.94. The molecule has 29 heavy (non-hydrogen) atoms. The summed E-state index contributed by atoms with van der Waals surface area (Å²) in [6, 6.07) is 12.1. The molecule has 0 radical (unpaired) electrons. The molecule has 2 heterocycles. The lowest BCUT2D eigenvalue weighted by atomic mass is 10.0. The Morgan fingerprint density at radius 1 is 1.24 bits per heavy atom. The fourth-order valence-electron chi connectivity index (χ4n) is 3.29. The van der Waals surface area contributed by atoms with Gasteiger partial charge in [0, 0.05) is 12.1 Å². The second kappa shape index (κ2) is 9.02. The number of hydrogen-bond acceptors (Lipinski definition) is 5. The number of quaternary nitrogens is 1. The minimum absolute atomic E-state index is 0.0358. The van der Waals surface area contributed by atoms with Crippen molar-refractivity contribution in [3.63, 3.8) is 0 Å². The van der Waals surface area contributed by atoms with Gasteiger partial charge in [-0.2, -0.15) is 0 Å². The highest BCUT2D eigenvalue weighted by atomic mass is 32.1. The highest BCUT2D eigenvalue weighted by Crippen LogP contribution is 2.23.